The number of piperazine rings is 1. The molecule has 0 aromatic rings. The van der Waals surface area contributed by atoms with E-state index < -0.39 is 0 Å². The SMILES string of the molecule is CN(C(=O)CN1CCN(CCN)CC1)C1CC1. The minimum atomic E-state index is 0.278. The van der Waals surface area contributed by atoms with Gasteiger partial charge in [-0.15, -0.1) is 0 Å². The van der Waals surface area contributed by atoms with Crippen LogP contribution in [0.25, 0.3) is 0 Å². The van der Waals surface area contributed by atoms with Crippen LogP contribution in [-0.4, -0.2) is 79.5 Å². The van der Waals surface area contributed by atoms with Gasteiger partial charge in [0.25, 0.3) is 0 Å². The van der Waals surface area contributed by atoms with Gasteiger partial charge in [-0.2, -0.15) is 0 Å². The van der Waals surface area contributed by atoms with Gasteiger partial charge < -0.3 is 10.6 Å². The molecule has 0 atom stereocenters. The van der Waals surface area contributed by atoms with Crippen molar-refractivity contribution in [2.75, 3.05) is 52.9 Å². The Morgan fingerprint density at radius 2 is 1.82 bits per heavy atom. The molecule has 5 heteroatoms. The number of carbonyl (C=O) groups is 1. The van der Waals surface area contributed by atoms with E-state index in [9.17, 15) is 4.79 Å². The van der Waals surface area contributed by atoms with Gasteiger partial charge in [-0.25, -0.2) is 0 Å². The van der Waals surface area contributed by atoms with Crippen molar-refractivity contribution in [3.63, 3.8) is 0 Å². The highest BCUT2D eigenvalue weighted by atomic mass is 16.2. The predicted molar refractivity (Wildman–Crippen MR) is 67.7 cm³/mol. The Morgan fingerprint density at radius 3 is 2.35 bits per heavy atom. The third-order valence-corrected chi connectivity index (χ3v) is 3.76. The summed E-state index contributed by atoms with van der Waals surface area (Å²) in [6, 6.07) is 0.529. The van der Waals surface area contributed by atoms with E-state index >= 15 is 0 Å². The number of amides is 1. The number of carbonyl (C=O) groups excluding carboxylic acids is 1. The molecule has 98 valence electrons. The van der Waals surface area contributed by atoms with E-state index in [-0.39, 0.29) is 5.91 Å². The zero-order valence-corrected chi connectivity index (χ0v) is 10.8. The highest BCUT2D eigenvalue weighted by molar-refractivity contribution is 5.78. The quantitative estimate of drug-likeness (QED) is 0.682. The fourth-order valence-electron chi connectivity index (χ4n) is 2.32. The van der Waals surface area contributed by atoms with Gasteiger partial charge in [-0.1, -0.05) is 0 Å². The molecule has 1 heterocycles. The molecule has 2 fully saturated rings. The van der Waals surface area contributed by atoms with Gasteiger partial charge in [-0.3, -0.25) is 14.6 Å². The van der Waals surface area contributed by atoms with Crippen LogP contribution in [0.5, 0.6) is 0 Å². The second-order valence-corrected chi connectivity index (χ2v) is 5.14. The lowest BCUT2D eigenvalue weighted by Crippen LogP contribution is -2.50. The minimum Gasteiger partial charge on any atom is -0.342 e. The first-order chi connectivity index (χ1) is 8.20. The van der Waals surface area contributed by atoms with E-state index in [0.717, 1.165) is 39.3 Å². The summed E-state index contributed by atoms with van der Waals surface area (Å²) in [6.45, 7) is 6.35. The standard InChI is InChI=1S/C12H24N4O/c1-14(11-2-3-11)12(17)10-16-8-6-15(5-4-13)7-9-16/h11H,2-10,13H2,1H3. The van der Waals surface area contributed by atoms with Gasteiger partial charge in [-0.05, 0) is 12.8 Å². The summed E-state index contributed by atoms with van der Waals surface area (Å²) in [5, 5.41) is 0. The number of hydrogen-bond acceptors (Lipinski definition) is 4. The largest absolute Gasteiger partial charge is 0.342 e. The lowest BCUT2D eigenvalue weighted by atomic mass is 10.3. The van der Waals surface area contributed by atoms with Crippen molar-refractivity contribution >= 4 is 5.91 Å². The number of nitrogens with zero attached hydrogens (tertiary/aromatic N) is 3. The topological polar surface area (TPSA) is 52.8 Å². The molecule has 1 aliphatic carbocycles. The van der Waals surface area contributed by atoms with Crippen LogP contribution in [0.3, 0.4) is 0 Å². The summed E-state index contributed by atoms with van der Waals surface area (Å²) in [4.78, 5) is 18.5. The Bertz CT molecular complexity index is 259. The van der Waals surface area contributed by atoms with E-state index in [1.54, 1.807) is 0 Å². The van der Waals surface area contributed by atoms with E-state index in [1.165, 1.54) is 12.8 Å². The molecule has 2 rings (SSSR count). The molecule has 17 heavy (non-hydrogen) atoms. The molecule has 0 radical (unpaired) electrons. The van der Waals surface area contributed by atoms with Crippen LogP contribution in [0.2, 0.25) is 0 Å². The van der Waals surface area contributed by atoms with Crippen molar-refractivity contribution in [3.05, 3.63) is 0 Å². The molecule has 0 unspecified atom stereocenters. The fraction of sp³-hybridized carbons (Fsp3) is 0.917. The maximum Gasteiger partial charge on any atom is 0.236 e. The third-order valence-electron chi connectivity index (χ3n) is 3.76. The van der Waals surface area contributed by atoms with Crippen molar-refractivity contribution in [1.29, 1.82) is 0 Å². The highest BCUT2D eigenvalue weighted by Gasteiger charge is 2.30. The lowest BCUT2D eigenvalue weighted by molar-refractivity contribution is -0.132. The average Bonchev–Trinajstić information content (AvgIpc) is 3.15. The number of hydrogen-bond donors (Lipinski definition) is 1. The van der Waals surface area contributed by atoms with Crippen LogP contribution in [0, 0.1) is 0 Å². The minimum absolute atomic E-state index is 0.278. The van der Waals surface area contributed by atoms with Gasteiger partial charge in [0.05, 0.1) is 6.54 Å². The van der Waals surface area contributed by atoms with Gasteiger partial charge in [0.2, 0.25) is 5.91 Å². The molecule has 1 amide bonds. The van der Waals surface area contributed by atoms with Gasteiger partial charge >= 0.3 is 0 Å². The van der Waals surface area contributed by atoms with Crippen LogP contribution in [-0.2, 0) is 4.79 Å². The van der Waals surface area contributed by atoms with Crippen molar-refractivity contribution < 1.29 is 4.79 Å². The van der Waals surface area contributed by atoms with E-state index in [1.807, 2.05) is 11.9 Å². The molecule has 0 aromatic carbocycles. The summed E-state index contributed by atoms with van der Waals surface area (Å²) in [7, 11) is 1.94. The number of likely N-dealkylation sites (N-methyl/N-ethyl adjacent to an activating group) is 1. The zero-order chi connectivity index (χ0) is 12.3. The Labute approximate surface area is 104 Å². The van der Waals surface area contributed by atoms with Crippen LogP contribution in [0.4, 0.5) is 0 Å². The van der Waals surface area contributed by atoms with E-state index in [2.05, 4.69) is 9.80 Å². The van der Waals surface area contributed by atoms with Crippen LogP contribution >= 0.6 is 0 Å². The Hall–Kier alpha value is -0.650. The van der Waals surface area contributed by atoms with Gasteiger partial charge in [0, 0.05) is 52.4 Å². The first-order valence-corrected chi connectivity index (χ1v) is 6.61. The fourth-order valence-corrected chi connectivity index (χ4v) is 2.32. The lowest BCUT2D eigenvalue weighted by Gasteiger charge is -2.34. The molecule has 1 aliphatic heterocycles. The second-order valence-electron chi connectivity index (χ2n) is 5.14. The molecule has 2 N–H and O–H groups in total. The Morgan fingerprint density at radius 1 is 1.24 bits per heavy atom. The van der Waals surface area contributed by atoms with Gasteiger partial charge in [0.15, 0.2) is 0 Å². The molecule has 2 aliphatic rings. The molecule has 0 bridgehead atoms. The van der Waals surface area contributed by atoms with E-state index in [0.29, 0.717) is 12.6 Å². The number of nitrogens with two attached hydrogens (primary N) is 1. The molecule has 0 aromatic heterocycles. The molecule has 5 nitrogen and oxygen atoms in total. The van der Waals surface area contributed by atoms with Crippen molar-refractivity contribution in [2.45, 2.75) is 18.9 Å². The summed E-state index contributed by atoms with van der Waals surface area (Å²) >= 11 is 0. The monoisotopic (exact) mass is 240 g/mol. The molecule has 1 saturated carbocycles. The van der Waals surface area contributed by atoms with Crippen LogP contribution in [0.1, 0.15) is 12.8 Å². The van der Waals surface area contributed by atoms with E-state index in [4.69, 9.17) is 5.73 Å². The molecule has 0 spiro atoms. The Kier molecular flexibility index (Phi) is 4.36. The maximum atomic E-state index is 12.0. The molecular weight excluding hydrogens is 216 g/mol. The Balaban J connectivity index is 1.68. The maximum absolute atomic E-state index is 12.0. The zero-order valence-electron chi connectivity index (χ0n) is 10.8. The molecule has 1 saturated heterocycles. The van der Waals surface area contributed by atoms with Gasteiger partial charge in [0.1, 0.15) is 0 Å². The van der Waals surface area contributed by atoms with Crippen molar-refractivity contribution in [2.24, 2.45) is 5.73 Å². The first-order valence-electron chi connectivity index (χ1n) is 6.61. The highest BCUT2D eigenvalue weighted by Crippen LogP contribution is 2.25. The average molecular weight is 240 g/mol. The second kappa shape index (κ2) is 5.80. The summed E-state index contributed by atoms with van der Waals surface area (Å²) in [6.07, 6.45) is 2.37. The normalized spacial score (nSPS) is 22.7. The summed E-state index contributed by atoms with van der Waals surface area (Å²) in [5.41, 5.74) is 5.54. The third kappa shape index (κ3) is 3.66. The van der Waals surface area contributed by atoms with Crippen LogP contribution in [0.15, 0.2) is 0 Å². The summed E-state index contributed by atoms with van der Waals surface area (Å²) in [5.74, 6) is 0.278. The van der Waals surface area contributed by atoms with Crippen LogP contribution < -0.4 is 5.73 Å². The summed E-state index contributed by atoms with van der Waals surface area (Å²) < 4.78 is 0. The van der Waals surface area contributed by atoms with Crippen molar-refractivity contribution in [1.82, 2.24) is 14.7 Å². The first kappa shape index (κ1) is 12.8. The number of rotatable bonds is 5. The van der Waals surface area contributed by atoms with Crippen molar-refractivity contribution in [3.8, 4) is 0 Å². The molecular formula is C12H24N4O. The smallest absolute Gasteiger partial charge is 0.236 e. The predicted octanol–water partition coefficient (Wildman–Crippen LogP) is -0.816.